The molecular weight excluding hydrogens is 404 g/mol. The maximum atomic E-state index is 13.1. The number of H-pyrrole nitrogens is 1. The lowest BCUT2D eigenvalue weighted by Crippen LogP contribution is -2.36. The Balaban J connectivity index is 1.57. The standard InChI is InChI=1S/C24H30N6O2/c1-15(2)29-23-20-11-17(18-12-27-28-13-18)6-7-22(20)26-14-21(23)24(32)25-9-8-19-5-4-10-30(19)16(3)31/h6-7,11-15,19H,4-5,8-10H2,1-3H3,(H,25,32)(H,26,29)(H,27,28). The summed E-state index contributed by atoms with van der Waals surface area (Å²) >= 11 is 0. The van der Waals surface area contributed by atoms with Gasteiger partial charge >= 0.3 is 0 Å². The summed E-state index contributed by atoms with van der Waals surface area (Å²) in [6, 6.07) is 6.35. The highest BCUT2D eigenvalue weighted by Gasteiger charge is 2.26. The van der Waals surface area contributed by atoms with E-state index in [1.807, 2.05) is 43.1 Å². The highest BCUT2D eigenvalue weighted by atomic mass is 16.2. The highest BCUT2D eigenvalue weighted by Crippen LogP contribution is 2.31. The van der Waals surface area contributed by atoms with E-state index in [1.165, 1.54) is 0 Å². The first-order valence-corrected chi connectivity index (χ1v) is 11.2. The van der Waals surface area contributed by atoms with E-state index in [0.29, 0.717) is 12.1 Å². The topological polar surface area (TPSA) is 103 Å². The van der Waals surface area contributed by atoms with Gasteiger partial charge in [0.2, 0.25) is 5.91 Å². The third-order valence-electron chi connectivity index (χ3n) is 5.92. The predicted molar refractivity (Wildman–Crippen MR) is 125 cm³/mol. The molecule has 1 unspecified atom stereocenters. The molecule has 3 N–H and O–H groups in total. The molecule has 1 aliphatic rings. The van der Waals surface area contributed by atoms with Crippen molar-refractivity contribution in [3.63, 3.8) is 0 Å². The van der Waals surface area contributed by atoms with Gasteiger partial charge in [0, 0.05) is 55.4 Å². The van der Waals surface area contributed by atoms with Crippen molar-refractivity contribution in [2.24, 2.45) is 0 Å². The second-order valence-electron chi connectivity index (χ2n) is 8.62. The Morgan fingerprint density at radius 1 is 1.25 bits per heavy atom. The molecule has 2 amide bonds. The van der Waals surface area contributed by atoms with Crippen LogP contribution in [0.5, 0.6) is 0 Å². The van der Waals surface area contributed by atoms with Gasteiger partial charge in [-0.2, -0.15) is 5.10 Å². The van der Waals surface area contributed by atoms with Crippen molar-refractivity contribution >= 4 is 28.4 Å². The fraction of sp³-hybridized carbons (Fsp3) is 0.417. The fourth-order valence-corrected chi connectivity index (χ4v) is 4.40. The minimum atomic E-state index is -0.163. The number of rotatable bonds is 7. The summed E-state index contributed by atoms with van der Waals surface area (Å²) in [4.78, 5) is 31.3. The van der Waals surface area contributed by atoms with Crippen molar-refractivity contribution in [2.75, 3.05) is 18.4 Å². The molecule has 8 nitrogen and oxygen atoms in total. The average Bonchev–Trinajstić information content (AvgIpc) is 3.45. The Morgan fingerprint density at radius 2 is 2.09 bits per heavy atom. The number of nitrogens with zero attached hydrogens (tertiary/aromatic N) is 3. The Hall–Kier alpha value is -3.42. The van der Waals surface area contributed by atoms with Crippen molar-refractivity contribution in [2.45, 2.75) is 52.1 Å². The van der Waals surface area contributed by atoms with Gasteiger partial charge in [0.25, 0.3) is 5.91 Å². The second kappa shape index (κ2) is 9.38. The number of fused-ring (bicyclic) bond motifs is 1. The summed E-state index contributed by atoms with van der Waals surface area (Å²) < 4.78 is 0. The van der Waals surface area contributed by atoms with Crippen LogP contribution in [0.1, 0.15) is 50.4 Å². The Labute approximate surface area is 187 Å². The smallest absolute Gasteiger partial charge is 0.254 e. The maximum absolute atomic E-state index is 13.1. The molecule has 1 aromatic carbocycles. The van der Waals surface area contributed by atoms with Crippen LogP contribution in [0, 0.1) is 0 Å². The summed E-state index contributed by atoms with van der Waals surface area (Å²) in [5.41, 5.74) is 4.09. The van der Waals surface area contributed by atoms with Gasteiger partial charge in [-0.1, -0.05) is 6.07 Å². The molecule has 4 rings (SSSR count). The molecule has 0 spiro atoms. The lowest BCUT2D eigenvalue weighted by Gasteiger charge is -2.23. The summed E-state index contributed by atoms with van der Waals surface area (Å²) in [5.74, 6) is -0.0574. The number of anilines is 1. The molecule has 8 heteroatoms. The molecule has 168 valence electrons. The SMILES string of the molecule is CC(=O)N1CCCC1CCNC(=O)c1cnc2ccc(-c3cn[nH]c3)cc2c1NC(C)C. The molecule has 3 aromatic rings. The normalized spacial score (nSPS) is 16.0. The van der Waals surface area contributed by atoms with Crippen molar-refractivity contribution in [3.05, 3.63) is 42.4 Å². The van der Waals surface area contributed by atoms with Crippen LogP contribution in [0.15, 0.2) is 36.8 Å². The molecule has 2 aromatic heterocycles. The van der Waals surface area contributed by atoms with E-state index in [2.05, 4.69) is 25.8 Å². The Kier molecular flexibility index (Phi) is 6.39. The molecule has 0 saturated carbocycles. The number of likely N-dealkylation sites (tertiary alicyclic amines) is 1. The molecule has 1 fully saturated rings. The highest BCUT2D eigenvalue weighted by molar-refractivity contribution is 6.07. The summed E-state index contributed by atoms with van der Waals surface area (Å²) in [6.07, 6.45) is 8.02. The van der Waals surface area contributed by atoms with E-state index in [9.17, 15) is 9.59 Å². The number of carbonyl (C=O) groups excluding carboxylic acids is 2. The third-order valence-corrected chi connectivity index (χ3v) is 5.92. The van der Waals surface area contributed by atoms with Crippen LogP contribution < -0.4 is 10.6 Å². The number of carbonyl (C=O) groups is 2. The molecule has 0 aliphatic carbocycles. The van der Waals surface area contributed by atoms with E-state index in [0.717, 1.165) is 53.5 Å². The van der Waals surface area contributed by atoms with Crippen molar-refractivity contribution in [1.29, 1.82) is 0 Å². The summed E-state index contributed by atoms with van der Waals surface area (Å²) in [5, 5.41) is 14.2. The zero-order chi connectivity index (χ0) is 22.7. The largest absolute Gasteiger partial charge is 0.382 e. The predicted octanol–water partition coefficient (Wildman–Crippen LogP) is 3.58. The molecule has 1 aliphatic heterocycles. The van der Waals surface area contributed by atoms with Gasteiger partial charge in [-0.15, -0.1) is 0 Å². The second-order valence-corrected chi connectivity index (χ2v) is 8.62. The Bertz CT molecular complexity index is 1110. The minimum absolute atomic E-state index is 0.106. The zero-order valence-electron chi connectivity index (χ0n) is 18.8. The van der Waals surface area contributed by atoms with E-state index >= 15 is 0 Å². The molecule has 1 atom stereocenters. The molecule has 0 radical (unpaired) electrons. The molecule has 0 bridgehead atoms. The van der Waals surface area contributed by atoms with Crippen molar-refractivity contribution < 1.29 is 9.59 Å². The number of hydrogen-bond acceptors (Lipinski definition) is 5. The summed E-state index contributed by atoms with van der Waals surface area (Å²) in [6.45, 7) is 7.03. The minimum Gasteiger partial charge on any atom is -0.382 e. The van der Waals surface area contributed by atoms with Gasteiger partial charge in [-0.05, 0) is 50.8 Å². The van der Waals surface area contributed by atoms with Crippen LogP contribution in [-0.4, -0.2) is 57.1 Å². The van der Waals surface area contributed by atoms with Crippen LogP contribution in [0.2, 0.25) is 0 Å². The lowest BCUT2D eigenvalue weighted by molar-refractivity contribution is -0.129. The van der Waals surface area contributed by atoms with Gasteiger partial charge in [-0.25, -0.2) is 0 Å². The van der Waals surface area contributed by atoms with Crippen molar-refractivity contribution in [1.82, 2.24) is 25.4 Å². The maximum Gasteiger partial charge on any atom is 0.254 e. The zero-order valence-corrected chi connectivity index (χ0v) is 18.8. The molecular formula is C24H30N6O2. The number of hydrogen-bond donors (Lipinski definition) is 3. The van der Waals surface area contributed by atoms with Crippen LogP contribution in [-0.2, 0) is 4.79 Å². The summed E-state index contributed by atoms with van der Waals surface area (Å²) in [7, 11) is 0. The van der Waals surface area contributed by atoms with Crippen LogP contribution in [0.25, 0.3) is 22.0 Å². The van der Waals surface area contributed by atoms with Gasteiger partial charge in [-0.3, -0.25) is 19.7 Å². The first-order chi connectivity index (χ1) is 15.4. The van der Waals surface area contributed by atoms with Crippen LogP contribution in [0.4, 0.5) is 5.69 Å². The number of amides is 2. The van der Waals surface area contributed by atoms with Gasteiger partial charge in [0.05, 0.1) is 23.0 Å². The number of aromatic nitrogens is 3. The third kappa shape index (κ3) is 4.59. The number of nitrogens with one attached hydrogen (secondary N) is 3. The van der Waals surface area contributed by atoms with E-state index in [1.54, 1.807) is 19.3 Å². The molecule has 32 heavy (non-hydrogen) atoms. The van der Waals surface area contributed by atoms with Crippen LogP contribution in [0.3, 0.4) is 0 Å². The van der Waals surface area contributed by atoms with Crippen LogP contribution >= 0.6 is 0 Å². The van der Waals surface area contributed by atoms with Crippen molar-refractivity contribution in [3.8, 4) is 11.1 Å². The first kappa shape index (κ1) is 21.8. The molecule has 3 heterocycles. The monoisotopic (exact) mass is 434 g/mol. The van der Waals surface area contributed by atoms with E-state index in [-0.39, 0.29) is 23.9 Å². The van der Waals surface area contributed by atoms with Gasteiger partial charge in [0.1, 0.15) is 0 Å². The lowest BCUT2D eigenvalue weighted by atomic mass is 10.0. The van der Waals surface area contributed by atoms with Gasteiger partial charge < -0.3 is 15.5 Å². The fourth-order valence-electron chi connectivity index (χ4n) is 4.40. The number of pyridine rings is 1. The Morgan fingerprint density at radius 3 is 2.81 bits per heavy atom. The van der Waals surface area contributed by atoms with E-state index < -0.39 is 0 Å². The number of benzene rings is 1. The van der Waals surface area contributed by atoms with E-state index in [4.69, 9.17) is 0 Å². The first-order valence-electron chi connectivity index (χ1n) is 11.2. The quantitative estimate of drug-likeness (QED) is 0.527. The van der Waals surface area contributed by atoms with Gasteiger partial charge in [0.15, 0.2) is 0 Å². The average molecular weight is 435 g/mol. The molecule has 1 saturated heterocycles. The number of aromatic amines is 1.